The summed E-state index contributed by atoms with van der Waals surface area (Å²) in [5, 5.41) is 1.60. The normalized spacial score (nSPS) is 10.8. The second-order valence-electron chi connectivity index (χ2n) is 4.45. The maximum atomic E-state index is 11.1. The first kappa shape index (κ1) is 12.0. The van der Waals surface area contributed by atoms with Crippen molar-refractivity contribution in [3.05, 3.63) is 58.6 Å². The molecule has 0 saturated carbocycles. The highest BCUT2D eigenvalue weighted by Gasteiger charge is 2.12. The van der Waals surface area contributed by atoms with Gasteiger partial charge in [-0.05, 0) is 36.8 Å². The third-order valence-corrected chi connectivity index (χ3v) is 3.38. The zero-order valence-corrected chi connectivity index (χ0v) is 11.1. The Morgan fingerprint density at radius 3 is 2.74 bits per heavy atom. The standard InChI is InChI=1S/C16H11ClO2/c1-10-3-2-4-11-7-15(19-16(10)11)14-8-13(17)6-5-12(14)9-18/h2-9H,1H3. The molecule has 1 aromatic heterocycles. The summed E-state index contributed by atoms with van der Waals surface area (Å²) in [6.07, 6.45) is 0.811. The summed E-state index contributed by atoms with van der Waals surface area (Å²) in [5.41, 5.74) is 3.20. The predicted octanol–water partition coefficient (Wildman–Crippen LogP) is 4.87. The van der Waals surface area contributed by atoms with Crippen molar-refractivity contribution < 1.29 is 9.21 Å². The molecule has 0 atom stereocenters. The fourth-order valence-corrected chi connectivity index (χ4v) is 2.36. The molecule has 0 N–H and O–H groups in total. The van der Waals surface area contributed by atoms with E-state index in [-0.39, 0.29) is 0 Å². The van der Waals surface area contributed by atoms with Crippen molar-refractivity contribution in [1.29, 1.82) is 0 Å². The molecule has 19 heavy (non-hydrogen) atoms. The highest BCUT2D eigenvalue weighted by atomic mass is 35.5. The van der Waals surface area contributed by atoms with Crippen molar-refractivity contribution in [2.24, 2.45) is 0 Å². The number of halogens is 1. The zero-order valence-electron chi connectivity index (χ0n) is 10.3. The monoisotopic (exact) mass is 270 g/mol. The fraction of sp³-hybridized carbons (Fsp3) is 0.0625. The van der Waals surface area contributed by atoms with E-state index in [0.29, 0.717) is 16.3 Å². The minimum absolute atomic E-state index is 0.570. The minimum atomic E-state index is 0.570. The van der Waals surface area contributed by atoms with E-state index in [1.807, 2.05) is 31.2 Å². The van der Waals surface area contributed by atoms with Crippen LogP contribution in [-0.2, 0) is 0 Å². The summed E-state index contributed by atoms with van der Waals surface area (Å²) in [7, 11) is 0. The number of benzene rings is 2. The number of hydrogen-bond donors (Lipinski definition) is 0. The van der Waals surface area contributed by atoms with Crippen LogP contribution >= 0.6 is 11.6 Å². The average Bonchev–Trinajstić information content (AvgIpc) is 2.84. The lowest BCUT2D eigenvalue weighted by Crippen LogP contribution is -1.85. The Balaban J connectivity index is 2.27. The topological polar surface area (TPSA) is 30.2 Å². The molecule has 0 saturated heterocycles. The molecule has 0 amide bonds. The molecule has 0 radical (unpaired) electrons. The Hall–Kier alpha value is -2.06. The Labute approximate surface area is 115 Å². The highest BCUT2D eigenvalue weighted by Crippen LogP contribution is 2.32. The average molecular weight is 271 g/mol. The summed E-state index contributed by atoms with van der Waals surface area (Å²) >= 11 is 6.00. The van der Waals surface area contributed by atoms with Gasteiger partial charge in [-0.2, -0.15) is 0 Å². The van der Waals surface area contributed by atoms with Crippen molar-refractivity contribution in [3.8, 4) is 11.3 Å². The minimum Gasteiger partial charge on any atom is -0.456 e. The van der Waals surface area contributed by atoms with Crippen LogP contribution in [-0.4, -0.2) is 6.29 Å². The van der Waals surface area contributed by atoms with Crippen LogP contribution in [0, 0.1) is 6.92 Å². The van der Waals surface area contributed by atoms with Gasteiger partial charge in [0.05, 0.1) is 0 Å². The van der Waals surface area contributed by atoms with Gasteiger partial charge in [-0.15, -0.1) is 0 Å². The Morgan fingerprint density at radius 1 is 1.16 bits per heavy atom. The van der Waals surface area contributed by atoms with Gasteiger partial charge in [-0.25, -0.2) is 0 Å². The number of para-hydroxylation sites is 1. The summed E-state index contributed by atoms with van der Waals surface area (Å²) in [6, 6.07) is 13.0. The van der Waals surface area contributed by atoms with Crippen molar-refractivity contribution in [2.75, 3.05) is 0 Å². The van der Waals surface area contributed by atoms with Crippen molar-refractivity contribution >= 4 is 28.9 Å². The van der Waals surface area contributed by atoms with E-state index < -0.39 is 0 Å². The molecule has 0 aliphatic carbocycles. The first-order valence-corrected chi connectivity index (χ1v) is 6.31. The second-order valence-corrected chi connectivity index (χ2v) is 4.89. The molecule has 3 rings (SSSR count). The van der Waals surface area contributed by atoms with Crippen LogP contribution in [0.3, 0.4) is 0 Å². The number of carbonyl (C=O) groups excluding carboxylic acids is 1. The van der Waals surface area contributed by atoms with Crippen LogP contribution in [0.25, 0.3) is 22.3 Å². The van der Waals surface area contributed by atoms with Crippen LogP contribution in [0.4, 0.5) is 0 Å². The van der Waals surface area contributed by atoms with Gasteiger partial charge in [0.15, 0.2) is 6.29 Å². The van der Waals surface area contributed by atoms with Crippen LogP contribution in [0.1, 0.15) is 15.9 Å². The van der Waals surface area contributed by atoms with Gasteiger partial charge in [0.1, 0.15) is 11.3 Å². The molecule has 0 spiro atoms. The van der Waals surface area contributed by atoms with E-state index in [1.165, 1.54) is 0 Å². The smallest absolute Gasteiger partial charge is 0.150 e. The third-order valence-electron chi connectivity index (χ3n) is 3.15. The summed E-state index contributed by atoms with van der Waals surface area (Å²) < 4.78 is 5.86. The molecule has 3 heteroatoms. The van der Waals surface area contributed by atoms with Crippen LogP contribution < -0.4 is 0 Å². The third kappa shape index (κ3) is 2.04. The number of aryl methyl sites for hydroxylation is 1. The maximum absolute atomic E-state index is 11.1. The molecule has 0 unspecified atom stereocenters. The number of hydrogen-bond acceptors (Lipinski definition) is 2. The number of rotatable bonds is 2. The van der Waals surface area contributed by atoms with E-state index in [0.717, 1.165) is 28.4 Å². The number of fused-ring (bicyclic) bond motifs is 1. The summed E-state index contributed by atoms with van der Waals surface area (Å²) in [6.45, 7) is 1.99. The number of aldehydes is 1. The summed E-state index contributed by atoms with van der Waals surface area (Å²) in [4.78, 5) is 11.1. The maximum Gasteiger partial charge on any atom is 0.150 e. The molecule has 1 heterocycles. The quantitative estimate of drug-likeness (QED) is 0.622. The van der Waals surface area contributed by atoms with Gasteiger partial charge in [0.25, 0.3) is 0 Å². The molecule has 0 aliphatic heterocycles. The molecule has 94 valence electrons. The summed E-state index contributed by atoms with van der Waals surface area (Å²) in [5.74, 6) is 0.661. The van der Waals surface area contributed by atoms with Gasteiger partial charge in [-0.1, -0.05) is 29.8 Å². The molecular weight excluding hydrogens is 260 g/mol. The van der Waals surface area contributed by atoms with Gasteiger partial charge >= 0.3 is 0 Å². The van der Waals surface area contributed by atoms with Crippen molar-refractivity contribution in [2.45, 2.75) is 6.92 Å². The van der Waals surface area contributed by atoms with Gasteiger partial charge in [0, 0.05) is 21.5 Å². The SMILES string of the molecule is Cc1cccc2cc(-c3cc(Cl)ccc3C=O)oc12. The molecular formula is C16H11ClO2. The fourth-order valence-electron chi connectivity index (χ4n) is 2.19. The first-order chi connectivity index (χ1) is 9.19. The Bertz CT molecular complexity index is 772. The largest absolute Gasteiger partial charge is 0.456 e. The van der Waals surface area contributed by atoms with Crippen molar-refractivity contribution in [1.82, 2.24) is 0 Å². The van der Waals surface area contributed by atoms with Crippen LogP contribution in [0.15, 0.2) is 46.9 Å². The molecule has 2 nitrogen and oxygen atoms in total. The number of furan rings is 1. The van der Waals surface area contributed by atoms with E-state index >= 15 is 0 Å². The van der Waals surface area contributed by atoms with Gasteiger partial charge in [0.2, 0.25) is 0 Å². The van der Waals surface area contributed by atoms with Crippen LogP contribution in [0.2, 0.25) is 5.02 Å². The van der Waals surface area contributed by atoms with Gasteiger partial charge in [-0.3, -0.25) is 4.79 Å². The lowest BCUT2D eigenvalue weighted by Gasteiger charge is -2.01. The van der Waals surface area contributed by atoms with E-state index in [4.69, 9.17) is 16.0 Å². The van der Waals surface area contributed by atoms with E-state index in [1.54, 1.807) is 18.2 Å². The van der Waals surface area contributed by atoms with Gasteiger partial charge < -0.3 is 4.42 Å². The van der Waals surface area contributed by atoms with E-state index in [9.17, 15) is 4.79 Å². The van der Waals surface area contributed by atoms with Crippen molar-refractivity contribution in [3.63, 3.8) is 0 Å². The molecule has 3 aromatic rings. The van der Waals surface area contributed by atoms with Crippen LogP contribution in [0.5, 0.6) is 0 Å². The Morgan fingerprint density at radius 2 is 2.00 bits per heavy atom. The molecule has 0 fully saturated rings. The molecule has 2 aromatic carbocycles. The Kier molecular flexibility index (Phi) is 2.88. The lowest BCUT2D eigenvalue weighted by molar-refractivity contribution is 0.112. The molecule has 0 aliphatic rings. The van der Waals surface area contributed by atoms with E-state index in [2.05, 4.69) is 0 Å². The number of carbonyl (C=O) groups is 1. The second kappa shape index (κ2) is 4.56. The highest BCUT2D eigenvalue weighted by molar-refractivity contribution is 6.31. The lowest BCUT2D eigenvalue weighted by atomic mass is 10.1. The first-order valence-electron chi connectivity index (χ1n) is 5.93. The zero-order chi connectivity index (χ0) is 13.4. The predicted molar refractivity (Wildman–Crippen MR) is 76.8 cm³/mol. The molecule has 0 bridgehead atoms.